The van der Waals surface area contributed by atoms with E-state index in [-0.39, 0.29) is 11.8 Å². The topological polar surface area (TPSA) is 94.7 Å². The Morgan fingerprint density at radius 3 is 2.51 bits per heavy atom. The van der Waals surface area contributed by atoms with Crippen molar-refractivity contribution >= 4 is 34.6 Å². The zero-order valence-corrected chi connectivity index (χ0v) is 21.1. The Morgan fingerprint density at radius 1 is 0.973 bits per heavy atom. The van der Waals surface area contributed by atoms with Crippen molar-refractivity contribution in [2.75, 3.05) is 49.2 Å². The van der Waals surface area contributed by atoms with E-state index in [2.05, 4.69) is 26.2 Å². The van der Waals surface area contributed by atoms with Gasteiger partial charge < -0.3 is 30.9 Å². The molecule has 2 aliphatic rings. The Balaban J connectivity index is 1.23. The molecule has 2 aliphatic heterocycles. The van der Waals surface area contributed by atoms with Crippen LogP contribution in [0.5, 0.6) is 5.75 Å². The van der Waals surface area contributed by atoms with Gasteiger partial charge in [0.15, 0.2) is 0 Å². The third kappa shape index (κ3) is 5.70. The molecule has 0 saturated carbocycles. The molecular formula is C29H33N5O3. The zero-order valence-electron chi connectivity index (χ0n) is 21.1. The van der Waals surface area contributed by atoms with Crippen molar-refractivity contribution in [2.45, 2.75) is 25.8 Å². The van der Waals surface area contributed by atoms with E-state index in [0.717, 1.165) is 42.1 Å². The third-order valence-corrected chi connectivity index (χ3v) is 6.92. The first-order valence-electron chi connectivity index (χ1n) is 12.8. The van der Waals surface area contributed by atoms with Gasteiger partial charge in [0.2, 0.25) is 0 Å². The number of carbonyl (C=O) groups excluding carboxylic acids is 2. The van der Waals surface area contributed by atoms with Gasteiger partial charge in [-0.15, -0.1) is 0 Å². The van der Waals surface area contributed by atoms with Crippen LogP contribution in [0.3, 0.4) is 0 Å². The number of likely N-dealkylation sites (tertiary alicyclic amines) is 1. The van der Waals surface area contributed by atoms with Crippen LogP contribution in [0.4, 0.5) is 22.7 Å². The first kappa shape index (κ1) is 24.6. The van der Waals surface area contributed by atoms with Crippen molar-refractivity contribution in [3.63, 3.8) is 0 Å². The molecule has 0 aliphatic carbocycles. The third-order valence-electron chi connectivity index (χ3n) is 6.92. The quantitative estimate of drug-likeness (QED) is 0.299. The molecule has 0 radical (unpaired) electrons. The highest BCUT2D eigenvalue weighted by atomic mass is 16.5. The molecule has 3 aromatic carbocycles. The van der Waals surface area contributed by atoms with Crippen molar-refractivity contribution in [3.05, 3.63) is 77.4 Å². The number of hydrogen-bond acceptors (Lipinski definition) is 6. The van der Waals surface area contributed by atoms with Gasteiger partial charge in [-0.1, -0.05) is 12.1 Å². The van der Waals surface area contributed by atoms with Crippen molar-refractivity contribution in [1.29, 1.82) is 0 Å². The Morgan fingerprint density at radius 2 is 1.73 bits per heavy atom. The minimum absolute atomic E-state index is 0.206. The number of para-hydroxylation sites is 2. The van der Waals surface area contributed by atoms with Crippen LogP contribution in [0.1, 0.15) is 45.5 Å². The van der Waals surface area contributed by atoms with Crippen LogP contribution in [-0.2, 0) is 6.54 Å². The molecule has 8 heteroatoms. The maximum atomic E-state index is 13.0. The van der Waals surface area contributed by atoms with E-state index in [4.69, 9.17) is 4.74 Å². The van der Waals surface area contributed by atoms with E-state index in [9.17, 15) is 9.59 Å². The smallest absolute Gasteiger partial charge is 0.255 e. The number of rotatable bonds is 10. The number of carbonyl (C=O) groups is 2. The Kier molecular flexibility index (Phi) is 7.56. The van der Waals surface area contributed by atoms with Gasteiger partial charge in [-0.05, 0) is 87.4 Å². The SMILES string of the molecule is COc1ccccc1Nc1ccc(NC(=O)c2ccc(NCCCN3CCCC3)cc2)c2c1CNC2=O. The first-order chi connectivity index (χ1) is 18.1. The molecule has 8 nitrogen and oxygen atoms in total. The molecule has 0 spiro atoms. The predicted octanol–water partition coefficient (Wildman–Crippen LogP) is 4.83. The summed E-state index contributed by atoms with van der Waals surface area (Å²) in [6.07, 6.45) is 3.72. The maximum absolute atomic E-state index is 13.0. The summed E-state index contributed by atoms with van der Waals surface area (Å²) in [5, 5.41) is 12.6. The van der Waals surface area contributed by atoms with Crippen molar-refractivity contribution in [1.82, 2.24) is 10.2 Å². The Bertz CT molecular complexity index is 1270. The molecule has 0 aromatic heterocycles. The second kappa shape index (κ2) is 11.3. The lowest BCUT2D eigenvalue weighted by Crippen LogP contribution is -2.22. The molecule has 2 amide bonds. The van der Waals surface area contributed by atoms with E-state index >= 15 is 0 Å². The number of fused-ring (bicyclic) bond motifs is 1. The fraction of sp³-hybridized carbons (Fsp3) is 0.310. The number of nitrogens with one attached hydrogen (secondary N) is 4. The van der Waals surface area contributed by atoms with E-state index in [0.29, 0.717) is 29.1 Å². The Hall–Kier alpha value is -4.04. The van der Waals surface area contributed by atoms with Gasteiger partial charge >= 0.3 is 0 Å². The highest BCUT2D eigenvalue weighted by Gasteiger charge is 2.27. The summed E-state index contributed by atoms with van der Waals surface area (Å²) in [5.74, 6) is 0.241. The van der Waals surface area contributed by atoms with Crippen LogP contribution in [0, 0.1) is 0 Å². The standard InChI is InChI=1S/C29H33N5O3/c1-37-26-8-3-2-7-24(26)32-23-13-14-25(27-22(23)19-31-29(27)36)33-28(35)20-9-11-21(12-10-20)30-15-6-18-34-16-4-5-17-34/h2-3,7-14,30,32H,4-6,15-19H2,1H3,(H,31,36)(H,33,35). The van der Waals surface area contributed by atoms with E-state index in [1.54, 1.807) is 25.3 Å². The van der Waals surface area contributed by atoms with Crippen LogP contribution in [0.2, 0.25) is 0 Å². The van der Waals surface area contributed by atoms with Crippen LogP contribution in [0.25, 0.3) is 0 Å². The van der Waals surface area contributed by atoms with Crippen LogP contribution in [0.15, 0.2) is 60.7 Å². The van der Waals surface area contributed by atoms with Gasteiger partial charge in [-0.2, -0.15) is 0 Å². The van der Waals surface area contributed by atoms with Gasteiger partial charge in [0.25, 0.3) is 11.8 Å². The van der Waals surface area contributed by atoms with E-state index in [1.807, 2.05) is 42.5 Å². The largest absolute Gasteiger partial charge is 0.495 e. The number of anilines is 4. The molecule has 3 aromatic rings. The number of amides is 2. The van der Waals surface area contributed by atoms with Crippen molar-refractivity contribution < 1.29 is 14.3 Å². The van der Waals surface area contributed by atoms with Gasteiger partial charge in [0, 0.05) is 35.6 Å². The molecule has 4 N–H and O–H groups in total. The molecule has 0 atom stereocenters. The fourth-order valence-corrected chi connectivity index (χ4v) is 4.94. The first-order valence-corrected chi connectivity index (χ1v) is 12.8. The van der Waals surface area contributed by atoms with Crippen molar-refractivity contribution in [2.24, 2.45) is 0 Å². The molecular weight excluding hydrogens is 466 g/mol. The average molecular weight is 500 g/mol. The Labute approximate surface area is 217 Å². The zero-order chi connectivity index (χ0) is 25.6. The number of nitrogens with zero attached hydrogens (tertiary/aromatic N) is 1. The summed E-state index contributed by atoms with van der Waals surface area (Å²) in [6, 6.07) is 18.7. The summed E-state index contributed by atoms with van der Waals surface area (Å²) >= 11 is 0. The lowest BCUT2D eigenvalue weighted by molar-refractivity contribution is 0.0966. The maximum Gasteiger partial charge on any atom is 0.255 e. The lowest BCUT2D eigenvalue weighted by Gasteiger charge is -2.16. The average Bonchev–Trinajstić information content (AvgIpc) is 3.59. The lowest BCUT2D eigenvalue weighted by atomic mass is 10.0. The normalized spacial score (nSPS) is 14.7. The van der Waals surface area contributed by atoms with Crippen LogP contribution in [-0.4, -0.2) is 50.0 Å². The summed E-state index contributed by atoms with van der Waals surface area (Å²) in [6.45, 7) is 4.84. The molecule has 192 valence electrons. The highest BCUT2D eigenvalue weighted by Crippen LogP contribution is 2.35. The van der Waals surface area contributed by atoms with Crippen molar-refractivity contribution in [3.8, 4) is 5.75 Å². The summed E-state index contributed by atoms with van der Waals surface area (Å²) in [7, 11) is 1.62. The number of methoxy groups -OCH3 is 1. The second-order valence-corrected chi connectivity index (χ2v) is 9.38. The van der Waals surface area contributed by atoms with Gasteiger partial charge in [0.05, 0.1) is 24.0 Å². The van der Waals surface area contributed by atoms with Gasteiger partial charge in [0.1, 0.15) is 5.75 Å². The van der Waals surface area contributed by atoms with Crippen LogP contribution >= 0.6 is 0 Å². The molecule has 1 saturated heterocycles. The summed E-state index contributed by atoms with van der Waals surface area (Å²) < 4.78 is 5.43. The fourth-order valence-electron chi connectivity index (χ4n) is 4.94. The highest BCUT2D eigenvalue weighted by molar-refractivity contribution is 6.11. The van der Waals surface area contributed by atoms with E-state index in [1.165, 1.54) is 25.9 Å². The molecule has 0 bridgehead atoms. The predicted molar refractivity (Wildman–Crippen MR) is 147 cm³/mol. The van der Waals surface area contributed by atoms with Gasteiger partial charge in [-0.25, -0.2) is 0 Å². The van der Waals surface area contributed by atoms with Gasteiger partial charge in [-0.3, -0.25) is 9.59 Å². The molecule has 0 unspecified atom stereocenters. The molecule has 2 heterocycles. The molecule has 1 fully saturated rings. The minimum Gasteiger partial charge on any atom is -0.495 e. The number of hydrogen-bond donors (Lipinski definition) is 4. The van der Waals surface area contributed by atoms with Crippen LogP contribution < -0.4 is 26.0 Å². The monoisotopic (exact) mass is 499 g/mol. The number of benzene rings is 3. The molecule has 5 rings (SSSR count). The van der Waals surface area contributed by atoms with E-state index < -0.39 is 0 Å². The summed E-state index contributed by atoms with van der Waals surface area (Å²) in [5.41, 5.74) is 4.89. The number of ether oxygens (including phenoxy) is 1. The molecule has 37 heavy (non-hydrogen) atoms. The summed E-state index contributed by atoms with van der Waals surface area (Å²) in [4.78, 5) is 28.2. The second-order valence-electron chi connectivity index (χ2n) is 9.38. The minimum atomic E-state index is -0.257.